The third-order valence-corrected chi connectivity index (χ3v) is 6.52. The molecule has 2 rings (SSSR count). The molecule has 0 aromatic carbocycles. The van der Waals surface area contributed by atoms with E-state index < -0.39 is 5.60 Å². The highest BCUT2D eigenvalue weighted by Gasteiger charge is 2.28. The molecule has 1 aliphatic carbocycles. The predicted octanol–water partition coefficient (Wildman–Crippen LogP) is 2.87. The Morgan fingerprint density at radius 3 is 2.67 bits per heavy atom. The molecule has 2 fully saturated rings. The van der Waals surface area contributed by atoms with Gasteiger partial charge in [0.2, 0.25) is 0 Å². The summed E-state index contributed by atoms with van der Waals surface area (Å²) in [4.78, 5) is 11.8. The number of hydrogen-bond acceptors (Lipinski definition) is 5. The first-order valence-electron chi connectivity index (χ1n) is 7.84. The average molecular weight is 333 g/mol. The Bertz CT molecular complexity index is 341. The standard InChI is InChI=1S/C15H28N2O2S2/c1-15(2,3)19-14(18)17-12-5-4-11(8-12)16-9-13-10-20-6-7-21-13/h11-13,16H,4-10H2,1-3H3,(H,17,18). The Kier molecular flexibility index (Phi) is 6.56. The van der Waals surface area contributed by atoms with Crippen molar-refractivity contribution in [1.82, 2.24) is 10.6 Å². The van der Waals surface area contributed by atoms with Gasteiger partial charge in [-0.25, -0.2) is 4.79 Å². The van der Waals surface area contributed by atoms with Crippen molar-refractivity contribution in [2.24, 2.45) is 0 Å². The van der Waals surface area contributed by atoms with Crippen LogP contribution in [-0.4, -0.2) is 52.8 Å². The maximum atomic E-state index is 11.8. The second-order valence-electron chi connectivity index (χ2n) is 6.83. The highest BCUT2D eigenvalue weighted by atomic mass is 32.2. The zero-order valence-electron chi connectivity index (χ0n) is 13.3. The first kappa shape index (κ1) is 17.3. The largest absolute Gasteiger partial charge is 0.444 e. The maximum absolute atomic E-state index is 11.8. The summed E-state index contributed by atoms with van der Waals surface area (Å²) in [6.45, 7) is 6.78. The van der Waals surface area contributed by atoms with Crippen molar-refractivity contribution in [1.29, 1.82) is 0 Å². The third kappa shape index (κ3) is 6.70. The molecule has 1 amide bonds. The van der Waals surface area contributed by atoms with Crippen LogP contribution in [0.3, 0.4) is 0 Å². The molecule has 0 radical (unpaired) electrons. The van der Waals surface area contributed by atoms with Gasteiger partial charge in [0.1, 0.15) is 5.60 Å². The van der Waals surface area contributed by atoms with Gasteiger partial charge in [-0.05, 0) is 40.0 Å². The molecule has 0 bridgehead atoms. The lowest BCUT2D eigenvalue weighted by atomic mass is 10.2. The second-order valence-corrected chi connectivity index (χ2v) is 9.39. The second kappa shape index (κ2) is 7.97. The molecule has 1 aliphatic heterocycles. The summed E-state index contributed by atoms with van der Waals surface area (Å²) in [6, 6.07) is 0.795. The maximum Gasteiger partial charge on any atom is 0.407 e. The van der Waals surface area contributed by atoms with Crippen LogP contribution < -0.4 is 10.6 Å². The van der Waals surface area contributed by atoms with Gasteiger partial charge >= 0.3 is 6.09 Å². The molecule has 21 heavy (non-hydrogen) atoms. The molecule has 1 saturated carbocycles. The molecule has 0 spiro atoms. The van der Waals surface area contributed by atoms with Crippen molar-refractivity contribution >= 4 is 29.6 Å². The van der Waals surface area contributed by atoms with Gasteiger partial charge in [-0.2, -0.15) is 23.5 Å². The number of amides is 1. The zero-order valence-corrected chi connectivity index (χ0v) is 14.9. The molecule has 122 valence electrons. The van der Waals surface area contributed by atoms with Crippen LogP contribution in [0.2, 0.25) is 0 Å². The molecule has 3 atom stereocenters. The molecule has 2 aliphatic rings. The summed E-state index contributed by atoms with van der Waals surface area (Å²) in [5.41, 5.74) is -0.420. The fraction of sp³-hybridized carbons (Fsp3) is 0.933. The van der Waals surface area contributed by atoms with Gasteiger partial charge in [0.05, 0.1) is 0 Å². The molecule has 6 heteroatoms. The summed E-state index contributed by atoms with van der Waals surface area (Å²) in [5.74, 6) is 3.85. The quantitative estimate of drug-likeness (QED) is 0.829. The number of carbonyl (C=O) groups excluding carboxylic acids is 1. The van der Waals surface area contributed by atoms with Crippen molar-refractivity contribution < 1.29 is 9.53 Å². The van der Waals surface area contributed by atoms with Gasteiger partial charge in [0, 0.05) is 41.1 Å². The highest BCUT2D eigenvalue weighted by Crippen LogP contribution is 2.25. The minimum absolute atomic E-state index is 0.255. The van der Waals surface area contributed by atoms with Crippen LogP contribution in [0.5, 0.6) is 0 Å². The van der Waals surface area contributed by atoms with E-state index >= 15 is 0 Å². The predicted molar refractivity (Wildman–Crippen MR) is 92.4 cm³/mol. The normalized spacial score (nSPS) is 30.1. The Morgan fingerprint density at radius 2 is 2.00 bits per heavy atom. The number of nitrogens with one attached hydrogen (secondary N) is 2. The minimum Gasteiger partial charge on any atom is -0.444 e. The smallest absolute Gasteiger partial charge is 0.407 e. The van der Waals surface area contributed by atoms with Gasteiger partial charge in [0.15, 0.2) is 0 Å². The summed E-state index contributed by atoms with van der Waals surface area (Å²) < 4.78 is 5.31. The van der Waals surface area contributed by atoms with Crippen molar-refractivity contribution in [2.45, 2.75) is 63.0 Å². The van der Waals surface area contributed by atoms with E-state index in [2.05, 4.69) is 34.2 Å². The van der Waals surface area contributed by atoms with Crippen molar-refractivity contribution in [3.63, 3.8) is 0 Å². The van der Waals surface area contributed by atoms with Gasteiger partial charge in [-0.1, -0.05) is 0 Å². The van der Waals surface area contributed by atoms with Crippen molar-refractivity contribution in [3.8, 4) is 0 Å². The van der Waals surface area contributed by atoms with E-state index in [4.69, 9.17) is 4.74 Å². The molecular formula is C15H28N2O2S2. The lowest BCUT2D eigenvalue weighted by Crippen LogP contribution is -2.40. The Labute approximate surface area is 136 Å². The SMILES string of the molecule is CC(C)(C)OC(=O)NC1CCC(NCC2CSCCS2)C1. The molecule has 3 unspecified atom stereocenters. The van der Waals surface area contributed by atoms with E-state index in [0.717, 1.165) is 31.1 Å². The van der Waals surface area contributed by atoms with E-state index in [0.29, 0.717) is 6.04 Å². The van der Waals surface area contributed by atoms with E-state index in [9.17, 15) is 4.79 Å². The number of carbonyl (C=O) groups is 1. The third-order valence-electron chi connectivity index (χ3n) is 3.67. The number of rotatable bonds is 4. The molecular weight excluding hydrogens is 304 g/mol. The van der Waals surface area contributed by atoms with Crippen LogP contribution in [0.4, 0.5) is 4.79 Å². The fourth-order valence-corrected chi connectivity index (χ4v) is 5.35. The first-order chi connectivity index (χ1) is 9.92. The van der Waals surface area contributed by atoms with E-state index in [1.807, 2.05) is 20.8 Å². The first-order valence-corrected chi connectivity index (χ1v) is 10.0. The number of ether oxygens (including phenoxy) is 1. The number of hydrogen-bond donors (Lipinski definition) is 2. The summed E-state index contributed by atoms with van der Waals surface area (Å²) in [5, 5.41) is 7.42. The fourth-order valence-electron chi connectivity index (χ4n) is 2.72. The van der Waals surface area contributed by atoms with Gasteiger partial charge in [-0.3, -0.25) is 0 Å². The Morgan fingerprint density at radius 1 is 1.24 bits per heavy atom. The molecule has 0 aromatic rings. The van der Waals surface area contributed by atoms with Crippen LogP contribution in [0.25, 0.3) is 0 Å². The topological polar surface area (TPSA) is 50.4 Å². The van der Waals surface area contributed by atoms with Crippen LogP contribution >= 0.6 is 23.5 Å². The molecule has 0 aromatic heterocycles. The highest BCUT2D eigenvalue weighted by molar-refractivity contribution is 8.06. The molecule has 4 nitrogen and oxygen atoms in total. The monoisotopic (exact) mass is 332 g/mol. The molecule has 1 saturated heterocycles. The number of alkyl carbamates (subject to hydrolysis) is 1. The van der Waals surface area contributed by atoms with E-state index in [-0.39, 0.29) is 12.1 Å². The van der Waals surface area contributed by atoms with Gasteiger partial charge in [-0.15, -0.1) is 0 Å². The van der Waals surface area contributed by atoms with Crippen LogP contribution in [0, 0.1) is 0 Å². The number of thioether (sulfide) groups is 2. The van der Waals surface area contributed by atoms with E-state index in [1.165, 1.54) is 17.3 Å². The molecule has 2 N–H and O–H groups in total. The molecule has 1 heterocycles. The van der Waals surface area contributed by atoms with Gasteiger partial charge in [0.25, 0.3) is 0 Å². The average Bonchev–Trinajstić information content (AvgIpc) is 2.83. The van der Waals surface area contributed by atoms with Gasteiger partial charge < -0.3 is 15.4 Å². The Balaban J connectivity index is 1.62. The zero-order chi connectivity index (χ0) is 15.3. The summed E-state index contributed by atoms with van der Waals surface area (Å²) >= 11 is 4.16. The van der Waals surface area contributed by atoms with Crippen molar-refractivity contribution in [3.05, 3.63) is 0 Å². The van der Waals surface area contributed by atoms with Crippen molar-refractivity contribution in [2.75, 3.05) is 23.8 Å². The van der Waals surface area contributed by atoms with Crippen LogP contribution in [0.1, 0.15) is 40.0 Å². The minimum atomic E-state index is -0.420. The summed E-state index contributed by atoms with van der Waals surface area (Å²) in [7, 11) is 0. The van der Waals surface area contributed by atoms with E-state index in [1.54, 1.807) is 0 Å². The lowest BCUT2D eigenvalue weighted by Gasteiger charge is -2.24. The van der Waals surface area contributed by atoms with Crippen LogP contribution in [-0.2, 0) is 4.74 Å². The lowest BCUT2D eigenvalue weighted by molar-refractivity contribution is 0.0505. The summed E-state index contributed by atoms with van der Waals surface area (Å²) in [6.07, 6.45) is 2.92. The van der Waals surface area contributed by atoms with Crippen LogP contribution in [0.15, 0.2) is 0 Å². The Hall–Kier alpha value is -0.0700.